The molecular formula is C17H21N5O2S. The molecule has 0 aromatic carbocycles. The van der Waals surface area contributed by atoms with Crippen LogP contribution in [0.3, 0.4) is 0 Å². The van der Waals surface area contributed by atoms with Crippen LogP contribution in [-0.4, -0.2) is 44.8 Å². The van der Waals surface area contributed by atoms with E-state index in [1.54, 1.807) is 10.7 Å². The number of ether oxygens (including phenoxy) is 1. The van der Waals surface area contributed by atoms with Crippen molar-refractivity contribution in [2.75, 3.05) is 24.3 Å². The van der Waals surface area contributed by atoms with Gasteiger partial charge in [-0.15, -0.1) is 0 Å². The number of rotatable bonds is 3. The summed E-state index contributed by atoms with van der Waals surface area (Å²) in [5, 5.41) is 7.98. The molecule has 2 atom stereocenters. The third kappa shape index (κ3) is 3.41. The smallest absolute Gasteiger partial charge is 0.267 e. The molecule has 2 aromatic heterocycles. The fourth-order valence-corrected chi connectivity index (χ4v) is 4.30. The lowest BCUT2D eigenvalue weighted by atomic mass is 10.1. The topological polar surface area (TPSA) is 81.9 Å². The molecule has 1 fully saturated rings. The van der Waals surface area contributed by atoms with Crippen LogP contribution in [0.2, 0.25) is 0 Å². The van der Waals surface area contributed by atoms with Gasteiger partial charge in [0.15, 0.2) is 0 Å². The first-order chi connectivity index (χ1) is 12.1. The number of thioether (sulfide) groups is 1. The van der Waals surface area contributed by atoms with Gasteiger partial charge in [-0.25, -0.2) is 14.6 Å². The second kappa shape index (κ2) is 6.76. The summed E-state index contributed by atoms with van der Waals surface area (Å²) >= 11 is 1.85. The lowest BCUT2D eigenvalue weighted by Gasteiger charge is -2.23. The maximum absolute atomic E-state index is 12.6. The second-order valence-corrected chi connectivity index (χ2v) is 7.64. The van der Waals surface area contributed by atoms with E-state index in [2.05, 4.69) is 20.4 Å². The van der Waals surface area contributed by atoms with E-state index in [-0.39, 0.29) is 17.6 Å². The van der Waals surface area contributed by atoms with Crippen molar-refractivity contribution in [1.29, 1.82) is 0 Å². The molecule has 132 valence electrons. The van der Waals surface area contributed by atoms with E-state index in [1.807, 2.05) is 31.7 Å². The number of aryl methyl sites for hydroxylation is 3. The Bertz CT molecular complexity index is 833. The molecule has 0 radical (unpaired) electrons. The third-order valence-electron chi connectivity index (χ3n) is 4.52. The zero-order valence-electron chi connectivity index (χ0n) is 14.4. The van der Waals surface area contributed by atoms with Gasteiger partial charge in [0.25, 0.3) is 5.56 Å². The minimum atomic E-state index is -0.156. The van der Waals surface area contributed by atoms with Crippen molar-refractivity contribution in [3.8, 4) is 0 Å². The minimum absolute atomic E-state index is 0.0649. The molecule has 4 rings (SSSR count). The molecule has 7 nitrogen and oxygen atoms in total. The van der Waals surface area contributed by atoms with E-state index in [9.17, 15) is 4.79 Å². The molecule has 25 heavy (non-hydrogen) atoms. The summed E-state index contributed by atoms with van der Waals surface area (Å²) in [6.07, 6.45) is 0.909. The number of aromatic nitrogens is 4. The van der Waals surface area contributed by atoms with Gasteiger partial charge in [-0.05, 0) is 31.2 Å². The standard InChI is InChI=1S/C17H21N5O2S/c1-10-5-11(2)19-17(18-10)20-14-7-24-8-15(14)22-16(23)6-12-9-25-4-3-13(12)21-22/h5-6,14-15H,3-4,7-9H2,1-2H3,(H,18,19,20). The van der Waals surface area contributed by atoms with Crippen molar-refractivity contribution in [3.05, 3.63) is 45.1 Å². The molecule has 2 unspecified atom stereocenters. The molecule has 0 bridgehead atoms. The van der Waals surface area contributed by atoms with E-state index in [0.29, 0.717) is 19.2 Å². The fraction of sp³-hybridized carbons (Fsp3) is 0.529. The van der Waals surface area contributed by atoms with Gasteiger partial charge < -0.3 is 10.1 Å². The Morgan fingerprint density at radius 3 is 2.84 bits per heavy atom. The number of nitrogens with one attached hydrogen (secondary N) is 1. The fourth-order valence-electron chi connectivity index (χ4n) is 3.34. The molecular weight excluding hydrogens is 338 g/mol. The molecule has 1 saturated heterocycles. The predicted octanol–water partition coefficient (Wildman–Crippen LogP) is 1.49. The zero-order chi connectivity index (χ0) is 17.4. The Labute approximate surface area is 150 Å². The predicted molar refractivity (Wildman–Crippen MR) is 97.1 cm³/mol. The van der Waals surface area contributed by atoms with E-state index in [4.69, 9.17) is 4.74 Å². The van der Waals surface area contributed by atoms with E-state index in [0.717, 1.165) is 40.6 Å². The molecule has 8 heteroatoms. The van der Waals surface area contributed by atoms with Crippen molar-refractivity contribution < 1.29 is 4.74 Å². The lowest BCUT2D eigenvalue weighted by Crippen LogP contribution is -2.38. The Morgan fingerprint density at radius 2 is 2.04 bits per heavy atom. The maximum atomic E-state index is 12.6. The third-order valence-corrected chi connectivity index (χ3v) is 5.53. The van der Waals surface area contributed by atoms with Gasteiger partial charge in [0, 0.05) is 29.6 Å². The number of fused-ring (bicyclic) bond motifs is 1. The van der Waals surface area contributed by atoms with Crippen LogP contribution in [-0.2, 0) is 16.9 Å². The van der Waals surface area contributed by atoms with Gasteiger partial charge >= 0.3 is 0 Å². The quantitative estimate of drug-likeness (QED) is 0.889. The van der Waals surface area contributed by atoms with Gasteiger partial charge in [-0.2, -0.15) is 16.9 Å². The molecule has 1 N–H and O–H groups in total. The van der Waals surface area contributed by atoms with Crippen molar-refractivity contribution in [3.63, 3.8) is 0 Å². The van der Waals surface area contributed by atoms with Crippen molar-refractivity contribution in [1.82, 2.24) is 19.7 Å². The van der Waals surface area contributed by atoms with Crippen LogP contribution in [0.15, 0.2) is 16.9 Å². The molecule has 0 aliphatic carbocycles. The first kappa shape index (κ1) is 16.5. The Hall–Kier alpha value is -1.93. The number of hydrogen-bond acceptors (Lipinski definition) is 7. The summed E-state index contributed by atoms with van der Waals surface area (Å²) in [6.45, 7) is 4.84. The summed E-state index contributed by atoms with van der Waals surface area (Å²) in [5.41, 5.74) is 3.86. The summed E-state index contributed by atoms with van der Waals surface area (Å²) in [4.78, 5) is 21.4. The van der Waals surface area contributed by atoms with E-state index < -0.39 is 0 Å². The highest BCUT2D eigenvalue weighted by molar-refractivity contribution is 7.98. The molecule has 2 aromatic rings. The summed E-state index contributed by atoms with van der Waals surface area (Å²) in [5.74, 6) is 2.50. The van der Waals surface area contributed by atoms with Gasteiger partial charge in [-0.1, -0.05) is 0 Å². The van der Waals surface area contributed by atoms with Crippen LogP contribution in [0.4, 0.5) is 5.95 Å². The van der Waals surface area contributed by atoms with Crippen molar-refractivity contribution in [2.45, 2.75) is 38.1 Å². The van der Waals surface area contributed by atoms with Crippen molar-refractivity contribution >= 4 is 17.7 Å². The second-order valence-electron chi connectivity index (χ2n) is 6.53. The highest BCUT2D eigenvalue weighted by Gasteiger charge is 2.32. The molecule has 2 aliphatic rings. The monoisotopic (exact) mass is 359 g/mol. The molecule has 4 heterocycles. The first-order valence-electron chi connectivity index (χ1n) is 8.46. The Morgan fingerprint density at radius 1 is 1.24 bits per heavy atom. The summed E-state index contributed by atoms with van der Waals surface area (Å²) in [7, 11) is 0. The molecule has 0 saturated carbocycles. The van der Waals surface area contributed by atoms with Crippen molar-refractivity contribution in [2.24, 2.45) is 0 Å². The van der Waals surface area contributed by atoms with Gasteiger partial charge in [0.2, 0.25) is 5.95 Å². The van der Waals surface area contributed by atoms with Crippen LogP contribution in [0.25, 0.3) is 0 Å². The Kier molecular flexibility index (Phi) is 4.47. The van der Waals surface area contributed by atoms with E-state index in [1.165, 1.54) is 0 Å². The summed E-state index contributed by atoms with van der Waals surface area (Å²) in [6, 6.07) is 3.43. The average Bonchev–Trinajstić information content (AvgIpc) is 3.01. The molecule has 0 spiro atoms. The van der Waals surface area contributed by atoms with Crippen LogP contribution < -0.4 is 10.9 Å². The van der Waals surface area contributed by atoms with Crippen LogP contribution in [0, 0.1) is 13.8 Å². The highest BCUT2D eigenvalue weighted by atomic mass is 32.2. The van der Waals surface area contributed by atoms with Crippen LogP contribution >= 0.6 is 11.8 Å². The largest absolute Gasteiger partial charge is 0.377 e. The lowest BCUT2D eigenvalue weighted by molar-refractivity contribution is 0.182. The van der Waals surface area contributed by atoms with Crippen LogP contribution in [0.5, 0.6) is 0 Å². The maximum Gasteiger partial charge on any atom is 0.267 e. The first-order valence-corrected chi connectivity index (χ1v) is 9.61. The van der Waals surface area contributed by atoms with Gasteiger partial charge in [0.1, 0.15) is 6.04 Å². The Balaban J connectivity index is 1.62. The molecule has 0 amide bonds. The average molecular weight is 359 g/mol. The van der Waals surface area contributed by atoms with Gasteiger partial charge in [0.05, 0.1) is 24.9 Å². The van der Waals surface area contributed by atoms with Crippen LogP contribution in [0.1, 0.15) is 28.7 Å². The number of hydrogen-bond donors (Lipinski definition) is 1. The van der Waals surface area contributed by atoms with Gasteiger partial charge in [-0.3, -0.25) is 4.79 Å². The number of anilines is 1. The summed E-state index contributed by atoms with van der Waals surface area (Å²) < 4.78 is 7.22. The molecule has 2 aliphatic heterocycles. The normalized spacial score (nSPS) is 22.6. The highest BCUT2D eigenvalue weighted by Crippen LogP contribution is 2.24. The SMILES string of the molecule is Cc1cc(C)nc(NC2COCC2n2nc3c(cc2=O)CSCC3)n1. The minimum Gasteiger partial charge on any atom is -0.377 e. The van der Waals surface area contributed by atoms with E-state index >= 15 is 0 Å². The zero-order valence-corrected chi connectivity index (χ0v) is 15.2. The number of nitrogens with zero attached hydrogens (tertiary/aromatic N) is 4.